The number of halogens is 1. The van der Waals surface area contributed by atoms with Crippen LogP contribution in [0.2, 0.25) is 5.15 Å². The Kier molecular flexibility index (Phi) is 3.52. The quantitative estimate of drug-likeness (QED) is 0.796. The molecule has 18 heavy (non-hydrogen) atoms. The molecule has 2 heterocycles. The largest absolute Gasteiger partial charge is 0.336 e. The van der Waals surface area contributed by atoms with Crippen molar-refractivity contribution in [1.82, 2.24) is 19.1 Å². The molecule has 0 aromatic carbocycles. The number of nitrogens with zero attached hydrogens (tertiary/aromatic N) is 4. The van der Waals surface area contributed by atoms with Gasteiger partial charge in [0.15, 0.2) is 0 Å². The zero-order chi connectivity index (χ0) is 13.3. The predicted molar refractivity (Wildman–Crippen MR) is 69.9 cm³/mol. The smallest absolute Gasteiger partial charge is 0.255 e. The number of rotatable bonds is 3. The summed E-state index contributed by atoms with van der Waals surface area (Å²) in [6, 6.07) is 1.34. The summed E-state index contributed by atoms with van der Waals surface area (Å²) in [7, 11) is 1.89. The number of hydrogen-bond donors (Lipinski definition) is 0. The molecule has 0 saturated heterocycles. The average Bonchev–Trinajstić information content (AvgIpc) is 2.67. The molecule has 0 unspecified atom stereocenters. The van der Waals surface area contributed by atoms with E-state index in [-0.39, 0.29) is 16.6 Å². The minimum atomic E-state index is -0.139. The van der Waals surface area contributed by atoms with Gasteiger partial charge in [-0.3, -0.25) is 9.36 Å². The summed E-state index contributed by atoms with van der Waals surface area (Å²) < 4.78 is 3.51. The molecule has 2 aromatic rings. The number of hydrogen-bond acceptors (Lipinski definition) is 3. The molecule has 2 rings (SSSR count). The minimum absolute atomic E-state index is 0.129. The van der Waals surface area contributed by atoms with Gasteiger partial charge in [0.1, 0.15) is 11.0 Å². The summed E-state index contributed by atoms with van der Waals surface area (Å²) in [4.78, 5) is 20.3. The topological polar surface area (TPSA) is 52.7 Å². The molecule has 5 nitrogen and oxygen atoms in total. The van der Waals surface area contributed by atoms with Crippen molar-refractivity contribution in [3.63, 3.8) is 0 Å². The molecule has 0 aliphatic rings. The Bertz CT molecular complexity index is 615. The van der Waals surface area contributed by atoms with Crippen molar-refractivity contribution >= 4 is 11.6 Å². The van der Waals surface area contributed by atoms with Gasteiger partial charge in [-0.25, -0.2) is 9.97 Å². The number of aromatic nitrogens is 4. The summed E-state index contributed by atoms with van der Waals surface area (Å²) in [5.41, 5.74) is 0.808. The van der Waals surface area contributed by atoms with E-state index in [1.165, 1.54) is 6.07 Å². The molecule has 96 valence electrons. The van der Waals surface area contributed by atoms with Gasteiger partial charge in [-0.05, 0) is 0 Å². The van der Waals surface area contributed by atoms with Crippen LogP contribution in [0, 0.1) is 0 Å². The first-order chi connectivity index (χ1) is 8.49. The molecular formula is C12H15ClN4O. The van der Waals surface area contributed by atoms with Crippen LogP contribution in [0.1, 0.15) is 31.3 Å². The molecule has 0 aliphatic carbocycles. The molecule has 0 N–H and O–H groups in total. The summed E-state index contributed by atoms with van der Waals surface area (Å²) in [6.45, 7) is 4.42. The van der Waals surface area contributed by atoms with Gasteiger partial charge in [0.2, 0.25) is 0 Å². The van der Waals surface area contributed by atoms with E-state index < -0.39 is 0 Å². The summed E-state index contributed by atoms with van der Waals surface area (Å²) in [5.74, 6) is 0.818. The lowest BCUT2D eigenvalue weighted by molar-refractivity contribution is 0.605. The molecule has 0 fully saturated rings. The molecular weight excluding hydrogens is 252 g/mol. The van der Waals surface area contributed by atoms with E-state index in [2.05, 4.69) is 9.97 Å². The maximum Gasteiger partial charge on any atom is 0.255 e. The predicted octanol–water partition coefficient (Wildman–Crippen LogP) is 1.80. The van der Waals surface area contributed by atoms with E-state index in [0.717, 1.165) is 5.69 Å². The first kappa shape index (κ1) is 12.8. The Hall–Kier alpha value is -1.62. The van der Waals surface area contributed by atoms with Crippen molar-refractivity contribution in [2.24, 2.45) is 7.05 Å². The van der Waals surface area contributed by atoms with Crippen LogP contribution in [0.25, 0.3) is 0 Å². The van der Waals surface area contributed by atoms with Gasteiger partial charge < -0.3 is 4.57 Å². The first-order valence-corrected chi connectivity index (χ1v) is 6.09. The lowest BCUT2D eigenvalue weighted by Gasteiger charge is -2.14. The van der Waals surface area contributed by atoms with Crippen LogP contribution in [0.15, 0.2) is 23.4 Å². The van der Waals surface area contributed by atoms with Crippen molar-refractivity contribution in [3.8, 4) is 0 Å². The summed E-state index contributed by atoms with van der Waals surface area (Å²) >= 11 is 5.84. The van der Waals surface area contributed by atoms with Gasteiger partial charge in [-0.15, -0.1) is 0 Å². The number of aryl methyl sites for hydroxylation is 1. The van der Waals surface area contributed by atoms with E-state index in [9.17, 15) is 4.79 Å². The fourth-order valence-corrected chi connectivity index (χ4v) is 1.97. The van der Waals surface area contributed by atoms with Crippen molar-refractivity contribution in [2.45, 2.75) is 26.3 Å². The maximum absolute atomic E-state index is 12.0. The van der Waals surface area contributed by atoms with Crippen LogP contribution in [-0.2, 0) is 13.6 Å². The van der Waals surface area contributed by atoms with Crippen LogP contribution in [0.5, 0.6) is 0 Å². The van der Waals surface area contributed by atoms with E-state index in [0.29, 0.717) is 12.4 Å². The fraction of sp³-hybridized carbons (Fsp3) is 0.417. The highest BCUT2D eigenvalue weighted by Gasteiger charge is 2.12. The van der Waals surface area contributed by atoms with Crippen molar-refractivity contribution < 1.29 is 0 Å². The zero-order valence-corrected chi connectivity index (χ0v) is 11.3. The molecule has 0 spiro atoms. The second-order valence-corrected chi connectivity index (χ2v) is 4.90. The average molecular weight is 267 g/mol. The number of imidazole rings is 1. The van der Waals surface area contributed by atoms with E-state index in [1.54, 1.807) is 17.1 Å². The summed E-state index contributed by atoms with van der Waals surface area (Å²) in [6.07, 6.45) is 3.45. The first-order valence-electron chi connectivity index (χ1n) is 5.71. The molecule has 0 radical (unpaired) electrons. The van der Waals surface area contributed by atoms with Gasteiger partial charge in [0.05, 0.1) is 18.6 Å². The Morgan fingerprint density at radius 1 is 1.44 bits per heavy atom. The molecule has 0 bridgehead atoms. The van der Waals surface area contributed by atoms with Crippen LogP contribution in [0.4, 0.5) is 0 Å². The zero-order valence-electron chi connectivity index (χ0n) is 10.6. The highest BCUT2D eigenvalue weighted by molar-refractivity contribution is 6.29. The van der Waals surface area contributed by atoms with Crippen molar-refractivity contribution in [2.75, 3.05) is 0 Å². The van der Waals surface area contributed by atoms with Crippen molar-refractivity contribution in [3.05, 3.63) is 45.6 Å². The van der Waals surface area contributed by atoms with Crippen molar-refractivity contribution in [1.29, 1.82) is 0 Å². The maximum atomic E-state index is 12.0. The van der Waals surface area contributed by atoms with Crippen LogP contribution in [0.3, 0.4) is 0 Å². The Morgan fingerprint density at radius 2 is 2.17 bits per heavy atom. The van der Waals surface area contributed by atoms with Crippen LogP contribution >= 0.6 is 11.6 Å². The molecule has 0 atom stereocenters. The minimum Gasteiger partial charge on any atom is -0.336 e. The van der Waals surface area contributed by atoms with Gasteiger partial charge in [0.25, 0.3) is 5.56 Å². The molecule has 2 aromatic heterocycles. The third-order valence-electron chi connectivity index (χ3n) is 2.76. The standard InChI is InChI=1S/C12H15ClN4O/c1-8(2)12-15-10(13)4-11(18)17(12)6-9-5-14-7-16(9)3/h4-5,7-8H,6H2,1-3H3. The fourth-order valence-electron chi connectivity index (χ4n) is 1.79. The van der Waals surface area contributed by atoms with E-state index >= 15 is 0 Å². The Balaban J connectivity index is 2.50. The summed E-state index contributed by atoms with van der Waals surface area (Å²) in [5, 5.41) is 0.241. The van der Waals surface area contributed by atoms with E-state index in [4.69, 9.17) is 11.6 Å². The van der Waals surface area contributed by atoms with Gasteiger partial charge in [0, 0.05) is 25.2 Å². The lowest BCUT2D eigenvalue weighted by atomic mass is 10.2. The van der Waals surface area contributed by atoms with Gasteiger partial charge >= 0.3 is 0 Å². The van der Waals surface area contributed by atoms with Gasteiger partial charge in [-0.2, -0.15) is 0 Å². The molecule has 0 aliphatic heterocycles. The lowest BCUT2D eigenvalue weighted by Crippen LogP contribution is -2.26. The van der Waals surface area contributed by atoms with Crippen LogP contribution < -0.4 is 5.56 Å². The second-order valence-electron chi connectivity index (χ2n) is 4.51. The molecule has 0 saturated carbocycles. The third kappa shape index (κ3) is 2.46. The molecule has 0 amide bonds. The van der Waals surface area contributed by atoms with E-state index in [1.807, 2.05) is 25.5 Å². The Labute approximate surface area is 110 Å². The van der Waals surface area contributed by atoms with Gasteiger partial charge in [-0.1, -0.05) is 25.4 Å². The highest BCUT2D eigenvalue weighted by Crippen LogP contribution is 2.14. The van der Waals surface area contributed by atoms with Crippen LogP contribution in [-0.4, -0.2) is 19.1 Å². The second kappa shape index (κ2) is 4.94. The Morgan fingerprint density at radius 3 is 2.72 bits per heavy atom. The monoisotopic (exact) mass is 266 g/mol. The molecule has 6 heteroatoms. The highest BCUT2D eigenvalue weighted by atomic mass is 35.5. The SMILES string of the molecule is CC(C)c1nc(Cl)cc(=O)n1Cc1cncn1C. The normalized spacial score (nSPS) is 11.2. The third-order valence-corrected chi connectivity index (χ3v) is 2.95.